The normalized spacial score (nSPS) is 18.5. The van der Waals surface area contributed by atoms with Crippen LogP contribution in [0.15, 0.2) is 23.0 Å². The summed E-state index contributed by atoms with van der Waals surface area (Å²) in [7, 11) is 1.61. The lowest BCUT2D eigenvalue weighted by atomic mass is 10.0. The van der Waals surface area contributed by atoms with Crippen LogP contribution in [0.25, 0.3) is 10.9 Å². The molecule has 1 aliphatic heterocycles. The molecular weight excluding hydrogens is 283 g/mol. The minimum atomic E-state index is -0.376. The van der Waals surface area contributed by atoms with E-state index in [1.807, 2.05) is 17.9 Å². The molecule has 1 saturated heterocycles. The SMILES string of the molecule is CC1CNCCN1c1c(C#N)c(=O)n(C)c2ccc(F)cc12. The standard InChI is InChI=1S/C16H17FN4O/c1-10-9-19-5-6-21(10)15-12-7-11(17)3-4-14(12)20(2)16(22)13(15)8-18/h3-4,7,10,19H,5-6,9H2,1-2H3. The molecule has 1 aromatic carbocycles. The Morgan fingerprint density at radius 2 is 2.23 bits per heavy atom. The van der Waals surface area contributed by atoms with E-state index in [2.05, 4.69) is 5.32 Å². The van der Waals surface area contributed by atoms with Crippen molar-refractivity contribution in [2.24, 2.45) is 7.05 Å². The average Bonchev–Trinajstić information content (AvgIpc) is 2.51. The van der Waals surface area contributed by atoms with E-state index in [4.69, 9.17) is 0 Å². The number of aromatic nitrogens is 1. The van der Waals surface area contributed by atoms with Gasteiger partial charge in [0, 0.05) is 38.1 Å². The van der Waals surface area contributed by atoms with Crippen LogP contribution in [0, 0.1) is 17.1 Å². The molecule has 1 N–H and O–H groups in total. The van der Waals surface area contributed by atoms with Gasteiger partial charge in [0.05, 0.1) is 11.2 Å². The first-order valence-electron chi connectivity index (χ1n) is 7.24. The molecule has 2 heterocycles. The zero-order chi connectivity index (χ0) is 15.9. The maximum atomic E-state index is 13.7. The van der Waals surface area contributed by atoms with E-state index in [1.165, 1.54) is 16.7 Å². The molecular formula is C16H17FN4O. The molecule has 0 amide bonds. The lowest BCUT2D eigenvalue weighted by molar-refractivity contribution is 0.501. The van der Waals surface area contributed by atoms with Gasteiger partial charge in [-0.1, -0.05) is 0 Å². The number of nitrogens with zero attached hydrogens (tertiary/aromatic N) is 3. The summed E-state index contributed by atoms with van der Waals surface area (Å²) in [5.41, 5.74) is 0.914. The zero-order valence-corrected chi connectivity index (χ0v) is 12.6. The van der Waals surface area contributed by atoms with Crippen molar-refractivity contribution in [2.75, 3.05) is 24.5 Å². The summed E-state index contributed by atoms with van der Waals surface area (Å²) in [6.45, 7) is 4.22. The lowest BCUT2D eigenvalue weighted by Gasteiger charge is -2.37. The van der Waals surface area contributed by atoms with E-state index < -0.39 is 0 Å². The van der Waals surface area contributed by atoms with Crippen molar-refractivity contribution in [1.29, 1.82) is 5.26 Å². The summed E-state index contributed by atoms with van der Waals surface area (Å²) in [6.07, 6.45) is 0. The summed E-state index contributed by atoms with van der Waals surface area (Å²) >= 11 is 0. The summed E-state index contributed by atoms with van der Waals surface area (Å²) in [4.78, 5) is 14.5. The average molecular weight is 300 g/mol. The van der Waals surface area contributed by atoms with E-state index in [9.17, 15) is 14.4 Å². The molecule has 0 spiro atoms. The lowest BCUT2D eigenvalue weighted by Crippen LogP contribution is -2.50. The van der Waals surface area contributed by atoms with Crippen LogP contribution in [-0.4, -0.2) is 30.2 Å². The number of anilines is 1. The van der Waals surface area contributed by atoms with Crippen molar-refractivity contribution in [1.82, 2.24) is 9.88 Å². The number of nitrogens with one attached hydrogen (secondary N) is 1. The van der Waals surface area contributed by atoms with E-state index in [0.29, 0.717) is 23.1 Å². The largest absolute Gasteiger partial charge is 0.364 e. The summed E-state index contributed by atoms with van der Waals surface area (Å²) in [5, 5.41) is 13.3. The summed E-state index contributed by atoms with van der Waals surface area (Å²) < 4.78 is 15.2. The van der Waals surface area contributed by atoms with E-state index in [-0.39, 0.29) is 23.0 Å². The van der Waals surface area contributed by atoms with Crippen molar-refractivity contribution >= 4 is 16.6 Å². The molecule has 0 aliphatic carbocycles. The van der Waals surface area contributed by atoms with E-state index in [1.54, 1.807) is 13.1 Å². The topological polar surface area (TPSA) is 61.1 Å². The monoisotopic (exact) mass is 300 g/mol. The molecule has 0 bridgehead atoms. The first kappa shape index (κ1) is 14.5. The van der Waals surface area contributed by atoms with Gasteiger partial charge in [-0.3, -0.25) is 4.79 Å². The maximum Gasteiger partial charge on any atom is 0.270 e. The second-order valence-corrected chi connectivity index (χ2v) is 5.61. The number of aryl methyl sites for hydroxylation is 1. The predicted molar refractivity (Wildman–Crippen MR) is 83.5 cm³/mol. The van der Waals surface area contributed by atoms with E-state index in [0.717, 1.165) is 13.1 Å². The predicted octanol–water partition coefficient (Wildman–Crippen LogP) is 1.35. The second kappa shape index (κ2) is 5.43. The highest BCUT2D eigenvalue weighted by Gasteiger charge is 2.25. The fourth-order valence-electron chi connectivity index (χ4n) is 3.08. The van der Waals surface area contributed by atoms with Gasteiger partial charge in [0.25, 0.3) is 5.56 Å². The van der Waals surface area contributed by atoms with Crippen LogP contribution in [-0.2, 0) is 7.05 Å². The number of fused-ring (bicyclic) bond motifs is 1. The highest BCUT2D eigenvalue weighted by molar-refractivity contribution is 5.95. The first-order chi connectivity index (χ1) is 10.5. The number of benzene rings is 1. The third-order valence-electron chi connectivity index (χ3n) is 4.23. The minimum Gasteiger partial charge on any atom is -0.364 e. The number of halogens is 1. The number of pyridine rings is 1. The van der Waals surface area contributed by atoms with Crippen LogP contribution in [0.4, 0.5) is 10.1 Å². The van der Waals surface area contributed by atoms with Gasteiger partial charge in [0.2, 0.25) is 0 Å². The number of hydrogen-bond acceptors (Lipinski definition) is 4. The molecule has 2 aromatic rings. The smallest absolute Gasteiger partial charge is 0.270 e. The quantitative estimate of drug-likeness (QED) is 0.863. The van der Waals surface area contributed by atoms with Crippen molar-refractivity contribution in [3.05, 3.63) is 39.9 Å². The third kappa shape index (κ3) is 2.14. The minimum absolute atomic E-state index is 0.0781. The molecule has 1 unspecified atom stereocenters. The Kier molecular flexibility index (Phi) is 3.59. The molecule has 5 nitrogen and oxygen atoms in total. The maximum absolute atomic E-state index is 13.7. The summed E-state index contributed by atoms with van der Waals surface area (Å²) in [5.74, 6) is -0.376. The molecule has 114 valence electrons. The molecule has 0 saturated carbocycles. The van der Waals surface area contributed by atoms with Gasteiger partial charge in [-0.25, -0.2) is 4.39 Å². The Balaban J connectivity index is 2.40. The molecule has 22 heavy (non-hydrogen) atoms. The summed E-state index contributed by atoms with van der Waals surface area (Å²) in [6, 6.07) is 6.46. The molecule has 1 fully saturated rings. The molecule has 1 atom stereocenters. The Bertz CT molecular complexity index is 837. The van der Waals surface area contributed by atoms with Gasteiger partial charge in [-0.15, -0.1) is 0 Å². The highest BCUT2D eigenvalue weighted by atomic mass is 19.1. The Hall–Kier alpha value is -2.39. The number of nitriles is 1. The van der Waals surface area contributed by atoms with Crippen molar-refractivity contribution in [3.63, 3.8) is 0 Å². The highest BCUT2D eigenvalue weighted by Crippen LogP contribution is 2.30. The molecule has 0 radical (unpaired) electrons. The first-order valence-corrected chi connectivity index (χ1v) is 7.24. The van der Waals surface area contributed by atoms with Gasteiger partial charge in [-0.2, -0.15) is 5.26 Å². The second-order valence-electron chi connectivity index (χ2n) is 5.61. The van der Waals surface area contributed by atoms with Crippen LogP contribution in [0.5, 0.6) is 0 Å². The van der Waals surface area contributed by atoms with Gasteiger partial charge >= 0.3 is 0 Å². The number of hydrogen-bond donors (Lipinski definition) is 1. The van der Waals surface area contributed by atoms with Gasteiger partial charge in [0.15, 0.2) is 0 Å². The fourth-order valence-corrected chi connectivity index (χ4v) is 3.08. The van der Waals surface area contributed by atoms with Crippen molar-refractivity contribution in [3.8, 4) is 6.07 Å². The number of rotatable bonds is 1. The molecule has 1 aromatic heterocycles. The molecule has 6 heteroatoms. The number of piperazine rings is 1. The zero-order valence-electron chi connectivity index (χ0n) is 12.6. The van der Waals surface area contributed by atoms with Crippen LogP contribution < -0.4 is 15.8 Å². The van der Waals surface area contributed by atoms with Crippen LogP contribution in [0.3, 0.4) is 0 Å². The molecule has 3 rings (SSSR count). The Morgan fingerprint density at radius 1 is 1.45 bits per heavy atom. The van der Waals surface area contributed by atoms with E-state index >= 15 is 0 Å². The van der Waals surface area contributed by atoms with Crippen LogP contribution >= 0.6 is 0 Å². The van der Waals surface area contributed by atoms with Crippen molar-refractivity contribution < 1.29 is 4.39 Å². The van der Waals surface area contributed by atoms with Crippen molar-refractivity contribution in [2.45, 2.75) is 13.0 Å². The van der Waals surface area contributed by atoms with Crippen LogP contribution in [0.2, 0.25) is 0 Å². The Morgan fingerprint density at radius 3 is 2.91 bits per heavy atom. The van der Waals surface area contributed by atoms with Crippen LogP contribution in [0.1, 0.15) is 12.5 Å². The fraction of sp³-hybridized carbons (Fsp3) is 0.375. The Labute approximate surface area is 127 Å². The third-order valence-corrected chi connectivity index (χ3v) is 4.23. The van der Waals surface area contributed by atoms with Gasteiger partial charge in [-0.05, 0) is 25.1 Å². The van der Waals surface area contributed by atoms with Gasteiger partial charge in [0.1, 0.15) is 17.4 Å². The van der Waals surface area contributed by atoms with Gasteiger partial charge < -0.3 is 14.8 Å². The molecule has 1 aliphatic rings.